The van der Waals surface area contributed by atoms with Crippen LogP contribution in [-0.4, -0.2) is 28.1 Å². The number of aryl methyl sites for hydroxylation is 1. The zero-order chi connectivity index (χ0) is 14.0. The SMILES string of the molecule is Cc1nc2cc(CCNC(=O)C(C)(C)O)ccc2o1. The van der Waals surface area contributed by atoms with Crippen LogP contribution < -0.4 is 5.32 Å². The van der Waals surface area contributed by atoms with Gasteiger partial charge >= 0.3 is 0 Å². The van der Waals surface area contributed by atoms with Crippen LogP contribution in [-0.2, 0) is 11.2 Å². The Hall–Kier alpha value is -1.88. The number of hydrogen-bond acceptors (Lipinski definition) is 4. The molecule has 0 bridgehead atoms. The van der Waals surface area contributed by atoms with Crippen LogP contribution in [0.4, 0.5) is 0 Å². The number of oxazole rings is 1. The monoisotopic (exact) mass is 262 g/mol. The first kappa shape index (κ1) is 13.5. The molecule has 0 spiro atoms. The summed E-state index contributed by atoms with van der Waals surface area (Å²) >= 11 is 0. The number of fused-ring (bicyclic) bond motifs is 1. The smallest absolute Gasteiger partial charge is 0.251 e. The Morgan fingerprint density at radius 3 is 2.89 bits per heavy atom. The standard InChI is InChI=1S/C14H18N2O3/c1-9-16-11-8-10(4-5-12(11)19-9)6-7-15-13(17)14(2,3)18/h4-5,8,18H,6-7H2,1-3H3,(H,15,17). The fourth-order valence-corrected chi connectivity index (χ4v) is 1.78. The average molecular weight is 262 g/mol. The van der Waals surface area contributed by atoms with E-state index in [0.29, 0.717) is 18.9 Å². The molecule has 1 amide bonds. The van der Waals surface area contributed by atoms with Gasteiger partial charge < -0.3 is 14.8 Å². The van der Waals surface area contributed by atoms with E-state index in [-0.39, 0.29) is 5.91 Å². The van der Waals surface area contributed by atoms with Crippen molar-refractivity contribution in [3.8, 4) is 0 Å². The highest BCUT2D eigenvalue weighted by Crippen LogP contribution is 2.16. The molecule has 0 radical (unpaired) electrons. The first-order valence-corrected chi connectivity index (χ1v) is 6.23. The van der Waals surface area contributed by atoms with Gasteiger partial charge in [-0.1, -0.05) is 6.07 Å². The maximum absolute atomic E-state index is 11.5. The third-order valence-corrected chi connectivity index (χ3v) is 2.81. The van der Waals surface area contributed by atoms with E-state index < -0.39 is 5.60 Å². The highest BCUT2D eigenvalue weighted by atomic mass is 16.3. The summed E-state index contributed by atoms with van der Waals surface area (Å²) in [7, 11) is 0. The molecule has 0 aliphatic heterocycles. The van der Waals surface area contributed by atoms with Gasteiger partial charge in [-0.3, -0.25) is 4.79 Å². The number of amides is 1. The van der Waals surface area contributed by atoms with Gasteiger partial charge in [-0.2, -0.15) is 0 Å². The maximum Gasteiger partial charge on any atom is 0.251 e. The predicted octanol–water partition coefficient (Wildman–Crippen LogP) is 1.57. The van der Waals surface area contributed by atoms with E-state index in [1.54, 1.807) is 0 Å². The Bertz CT molecular complexity index is 596. The van der Waals surface area contributed by atoms with Crippen molar-refractivity contribution in [1.82, 2.24) is 10.3 Å². The lowest BCUT2D eigenvalue weighted by Crippen LogP contribution is -2.42. The van der Waals surface area contributed by atoms with E-state index in [9.17, 15) is 9.90 Å². The van der Waals surface area contributed by atoms with E-state index in [0.717, 1.165) is 16.7 Å². The third-order valence-electron chi connectivity index (χ3n) is 2.81. The third kappa shape index (κ3) is 3.32. The van der Waals surface area contributed by atoms with Crippen molar-refractivity contribution in [2.45, 2.75) is 32.8 Å². The quantitative estimate of drug-likeness (QED) is 0.877. The van der Waals surface area contributed by atoms with Crippen molar-refractivity contribution in [2.75, 3.05) is 6.54 Å². The van der Waals surface area contributed by atoms with Gasteiger partial charge in [0.1, 0.15) is 11.1 Å². The molecule has 0 saturated carbocycles. The van der Waals surface area contributed by atoms with Gasteiger partial charge in [-0.05, 0) is 38.0 Å². The molecule has 2 N–H and O–H groups in total. The normalized spacial score (nSPS) is 11.8. The molecule has 19 heavy (non-hydrogen) atoms. The van der Waals surface area contributed by atoms with E-state index >= 15 is 0 Å². The van der Waals surface area contributed by atoms with E-state index in [4.69, 9.17) is 4.42 Å². The van der Waals surface area contributed by atoms with Gasteiger partial charge in [0.25, 0.3) is 5.91 Å². The van der Waals surface area contributed by atoms with E-state index in [1.807, 2.05) is 25.1 Å². The first-order chi connectivity index (χ1) is 8.86. The van der Waals surface area contributed by atoms with E-state index in [1.165, 1.54) is 13.8 Å². The van der Waals surface area contributed by atoms with E-state index in [2.05, 4.69) is 10.3 Å². The second-order valence-electron chi connectivity index (χ2n) is 5.10. The van der Waals surface area contributed by atoms with Crippen molar-refractivity contribution < 1.29 is 14.3 Å². The molecular weight excluding hydrogens is 244 g/mol. The summed E-state index contributed by atoms with van der Waals surface area (Å²) in [5.74, 6) is 0.272. The zero-order valence-electron chi connectivity index (χ0n) is 11.4. The Kier molecular flexibility index (Phi) is 3.57. The van der Waals surface area contributed by atoms with Crippen LogP contribution in [0.25, 0.3) is 11.1 Å². The maximum atomic E-state index is 11.5. The first-order valence-electron chi connectivity index (χ1n) is 6.23. The van der Waals surface area contributed by atoms with Gasteiger partial charge in [-0.25, -0.2) is 4.98 Å². The van der Waals surface area contributed by atoms with Crippen molar-refractivity contribution >= 4 is 17.0 Å². The molecule has 102 valence electrons. The van der Waals surface area contributed by atoms with Crippen LogP contribution >= 0.6 is 0 Å². The molecule has 1 aromatic carbocycles. The van der Waals surface area contributed by atoms with Gasteiger partial charge in [0.15, 0.2) is 11.5 Å². The van der Waals surface area contributed by atoms with Gasteiger partial charge in [0, 0.05) is 13.5 Å². The number of nitrogens with one attached hydrogen (secondary N) is 1. The Balaban J connectivity index is 1.96. The zero-order valence-corrected chi connectivity index (χ0v) is 11.4. The molecule has 5 heteroatoms. The highest BCUT2D eigenvalue weighted by Gasteiger charge is 2.22. The van der Waals surface area contributed by atoms with Crippen LogP contribution in [0.15, 0.2) is 22.6 Å². The molecule has 0 saturated heterocycles. The topological polar surface area (TPSA) is 75.4 Å². The molecule has 0 atom stereocenters. The van der Waals surface area contributed by atoms with Crippen molar-refractivity contribution in [1.29, 1.82) is 0 Å². The van der Waals surface area contributed by atoms with Crippen LogP contribution in [0.5, 0.6) is 0 Å². The molecule has 2 rings (SSSR count). The van der Waals surface area contributed by atoms with Crippen LogP contribution in [0, 0.1) is 6.92 Å². The van der Waals surface area contributed by atoms with Crippen LogP contribution in [0.3, 0.4) is 0 Å². The fraction of sp³-hybridized carbons (Fsp3) is 0.429. The molecular formula is C14H18N2O3. The average Bonchev–Trinajstić information content (AvgIpc) is 2.67. The van der Waals surface area contributed by atoms with Gasteiger partial charge in [0.05, 0.1) is 0 Å². The van der Waals surface area contributed by atoms with Gasteiger partial charge in [0.2, 0.25) is 0 Å². The molecule has 0 unspecified atom stereocenters. The lowest BCUT2D eigenvalue weighted by atomic mass is 10.1. The summed E-state index contributed by atoms with van der Waals surface area (Å²) in [6.07, 6.45) is 0.684. The Labute approximate surface area is 111 Å². The second kappa shape index (κ2) is 5.01. The fourth-order valence-electron chi connectivity index (χ4n) is 1.78. The summed E-state index contributed by atoms with van der Waals surface area (Å²) in [5, 5.41) is 12.2. The van der Waals surface area contributed by atoms with Crippen LogP contribution in [0.1, 0.15) is 25.3 Å². The van der Waals surface area contributed by atoms with Gasteiger partial charge in [-0.15, -0.1) is 0 Å². The molecule has 0 fully saturated rings. The summed E-state index contributed by atoms with van der Waals surface area (Å²) in [5.41, 5.74) is 1.31. The number of nitrogens with zero attached hydrogens (tertiary/aromatic N) is 1. The number of carbonyl (C=O) groups excluding carboxylic acids is 1. The number of benzene rings is 1. The summed E-state index contributed by atoms with van der Waals surface area (Å²) in [4.78, 5) is 15.7. The molecule has 1 heterocycles. The predicted molar refractivity (Wildman–Crippen MR) is 71.8 cm³/mol. The Morgan fingerprint density at radius 1 is 1.47 bits per heavy atom. The number of carbonyl (C=O) groups is 1. The largest absolute Gasteiger partial charge is 0.441 e. The molecule has 0 aliphatic carbocycles. The minimum absolute atomic E-state index is 0.370. The number of aromatic nitrogens is 1. The summed E-state index contributed by atoms with van der Waals surface area (Å²) in [6.45, 7) is 5.22. The minimum atomic E-state index is -1.34. The molecule has 2 aromatic rings. The van der Waals surface area contributed by atoms with Crippen molar-refractivity contribution in [2.24, 2.45) is 0 Å². The summed E-state index contributed by atoms with van der Waals surface area (Å²) < 4.78 is 5.40. The van der Waals surface area contributed by atoms with Crippen LogP contribution in [0.2, 0.25) is 0 Å². The number of aliphatic hydroxyl groups is 1. The van der Waals surface area contributed by atoms with Crippen molar-refractivity contribution in [3.63, 3.8) is 0 Å². The minimum Gasteiger partial charge on any atom is -0.441 e. The Morgan fingerprint density at radius 2 is 2.21 bits per heavy atom. The highest BCUT2D eigenvalue weighted by molar-refractivity contribution is 5.83. The van der Waals surface area contributed by atoms with Crippen molar-refractivity contribution in [3.05, 3.63) is 29.7 Å². The molecule has 0 aliphatic rings. The summed E-state index contributed by atoms with van der Waals surface area (Å²) in [6, 6.07) is 5.77. The number of hydrogen-bond donors (Lipinski definition) is 2. The number of rotatable bonds is 4. The molecule has 5 nitrogen and oxygen atoms in total. The lowest BCUT2D eigenvalue weighted by molar-refractivity contribution is -0.136. The second-order valence-corrected chi connectivity index (χ2v) is 5.10. The molecule has 1 aromatic heterocycles. The lowest BCUT2D eigenvalue weighted by Gasteiger charge is -2.16.